The predicted octanol–water partition coefficient (Wildman–Crippen LogP) is 0.236. The number of benzene rings is 1. The van der Waals surface area contributed by atoms with Gasteiger partial charge in [0.2, 0.25) is 0 Å². The minimum atomic E-state index is 0.214. The largest absolute Gasteiger partial charge is 0.391 e. The van der Waals surface area contributed by atoms with Crippen molar-refractivity contribution in [1.82, 2.24) is 9.78 Å². The molecule has 1 aromatic heterocycles. The average molecular weight is 232 g/mol. The standard InChI is InChI=1S/C13H17N3O/c1-11-3-2-4-13(7-11)16-10-12(9-15-16)8-14-5-6-17/h2-4,7,9-10,14,17H,5-6,8H2,1H3/p+1. The van der Waals surface area contributed by atoms with E-state index in [9.17, 15) is 0 Å². The van der Waals surface area contributed by atoms with E-state index in [1.54, 1.807) is 0 Å². The van der Waals surface area contributed by atoms with Crippen LogP contribution in [0.3, 0.4) is 0 Å². The molecule has 0 spiro atoms. The van der Waals surface area contributed by atoms with Crippen LogP contribution >= 0.6 is 0 Å². The highest BCUT2D eigenvalue weighted by molar-refractivity contribution is 5.34. The summed E-state index contributed by atoms with van der Waals surface area (Å²) in [5, 5.41) is 15.1. The molecule has 0 saturated carbocycles. The Morgan fingerprint density at radius 3 is 3.06 bits per heavy atom. The fourth-order valence-corrected chi connectivity index (χ4v) is 1.74. The summed E-state index contributed by atoms with van der Waals surface area (Å²) in [6, 6.07) is 8.25. The Labute approximate surface area is 101 Å². The third kappa shape index (κ3) is 3.15. The average Bonchev–Trinajstić information content (AvgIpc) is 2.78. The van der Waals surface area contributed by atoms with Crippen LogP contribution in [0.2, 0.25) is 0 Å². The van der Waals surface area contributed by atoms with Crippen molar-refractivity contribution < 1.29 is 10.4 Å². The van der Waals surface area contributed by atoms with Gasteiger partial charge in [-0.05, 0) is 24.6 Å². The predicted molar refractivity (Wildman–Crippen MR) is 65.9 cm³/mol. The zero-order chi connectivity index (χ0) is 12.1. The Bertz CT molecular complexity index is 479. The van der Waals surface area contributed by atoms with E-state index in [2.05, 4.69) is 29.5 Å². The van der Waals surface area contributed by atoms with E-state index in [0.29, 0.717) is 0 Å². The second kappa shape index (κ2) is 5.61. The van der Waals surface area contributed by atoms with Crippen molar-refractivity contribution in [3.8, 4) is 5.69 Å². The van der Waals surface area contributed by atoms with Gasteiger partial charge in [0.25, 0.3) is 0 Å². The van der Waals surface area contributed by atoms with Gasteiger partial charge < -0.3 is 10.4 Å². The second-order valence-electron chi connectivity index (χ2n) is 4.14. The molecule has 3 N–H and O–H groups in total. The van der Waals surface area contributed by atoms with Crippen LogP contribution < -0.4 is 5.32 Å². The third-order valence-electron chi connectivity index (χ3n) is 2.62. The van der Waals surface area contributed by atoms with E-state index in [0.717, 1.165) is 18.8 Å². The molecule has 2 rings (SSSR count). The molecule has 0 amide bonds. The highest BCUT2D eigenvalue weighted by Gasteiger charge is 2.02. The molecule has 2 aromatic rings. The molecular formula is C13H18N3O+. The van der Waals surface area contributed by atoms with Crippen molar-refractivity contribution in [2.24, 2.45) is 0 Å². The highest BCUT2D eigenvalue weighted by atomic mass is 16.3. The Morgan fingerprint density at radius 1 is 1.41 bits per heavy atom. The summed E-state index contributed by atoms with van der Waals surface area (Å²) >= 11 is 0. The summed E-state index contributed by atoms with van der Waals surface area (Å²) in [7, 11) is 0. The van der Waals surface area contributed by atoms with E-state index >= 15 is 0 Å². The van der Waals surface area contributed by atoms with Gasteiger partial charge in [-0.1, -0.05) is 12.1 Å². The lowest BCUT2D eigenvalue weighted by atomic mass is 10.2. The van der Waals surface area contributed by atoms with Gasteiger partial charge in [0.15, 0.2) is 0 Å². The lowest BCUT2D eigenvalue weighted by molar-refractivity contribution is -0.671. The molecule has 0 saturated heterocycles. The second-order valence-corrected chi connectivity index (χ2v) is 4.14. The molecule has 4 nitrogen and oxygen atoms in total. The van der Waals surface area contributed by atoms with Gasteiger partial charge in [0.05, 0.1) is 25.0 Å². The zero-order valence-electron chi connectivity index (χ0n) is 10.0. The number of quaternary nitrogens is 1. The first kappa shape index (κ1) is 11.8. The maximum Gasteiger partial charge on any atom is 0.104 e. The first-order valence-electron chi connectivity index (χ1n) is 5.82. The van der Waals surface area contributed by atoms with Gasteiger partial charge >= 0.3 is 0 Å². The maximum atomic E-state index is 8.71. The van der Waals surface area contributed by atoms with Crippen LogP contribution in [0.4, 0.5) is 0 Å². The quantitative estimate of drug-likeness (QED) is 0.725. The summed E-state index contributed by atoms with van der Waals surface area (Å²) in [4.78, 5) is 0. The SMILES string of the molecule is Cc1cccc(-n2cc(C[NH2+]CCO)cn2)c1. The summed E-state index contributed by atoms with van der Waals surface area (Å²) < 4.78 is 1.88. The number of aliphatic hydroxyl groups excluding tert-OH is 1. The van der Waals surface area contributed by atoms with E-state index in [1.807, 2.05) is 29.2 Å². The topological polar surface area (TPSA) is 54.7 Å². The van der Waals surface area contributed by atoms with Crippen molar-refractivity contribution in [3.05, 3.63) is 47.8 Å². The van der Waals surface area contributed by atoms with E-state index in [-0.39, 0.29) is 6.61 Å². The molecule has 0 bridgehead atoms. The number of aliphatic hydroxyl groups is 1. The van der Waals surface area contributed by atoms with Gasteiger partial charge in [-0.15, -0.1) is 0 Å². The van der Waals surface area contributed by atoms with Crippen molar-refractivity contribution in [2.75, 3.05) is 13.2 Å². The smallest absolute Gasteiger partial charge is 0.104 e. The van der Waals surface area contributed by atoms with Crippen LogP contribution in [0.15, 0.2) is 36.7 Å². The van der Waals surface area contributed by atoms with Crippen LogP contribution in [0.1, 0.15) is 11.1 Å². The van der Waals surface area contributed by atoms with Crippen LogP contribution in [0.25, 0.3) is 5.69 Å². The fraction of sp³-hybridized carbons (Fsp3) is 0.308. The van der Waals surface area contributed by atoms with Gasteiger partial charge in [0.1, 0.15) is 6.54 Å². The van der Waals surface area contributed by atoms with Crippen LogP contribution in [-0.4, -0.2) is 28.0 Å². The fourth-order valence-electron chi connectivity index (χ4n) is 1.74. The third-order valence-corrected chi connectivity index (χ3v) is 2.62. The van der Waals surface area contributed by atoms with Crippen molar-refractivity contribution in [1.29, 1.82) is 0 Å². The van der Waals surface area contributed by atoms with Crippen molar-refractivity contribution in [3.63, 3.8) is 0 Å². The molecule has 1 heterocycles. The van der Waals surface area contributed by atoms with Crippen molar-refractivity contribution >= 4 is 0 Å². The van der Waals surface area contributed by atoms with Gasteiger partial charge in [-0.25, -0.2) is 4.68 Å². The molecule has 1 aromatic carbocycles. The Morgan fingerprint density at radius 2 is 2.29 bits per heavy atom. The van der Waals surface area contributed by atoms with Gasteiger partial charge in [-0.2, -0.15) is 5.10 Å². The normalized spacial score (nSPS) is 10.7. The maximum absolute atomic E-state index is 8.71. The van der Waals surface area contributed by atoms with E-state index in [1.165, 1.54) is 11.1 Å². The molecule has 0 aliphatic rings. The molecule has 0 aliphatic heterocycles. The molecule has 4 heteroatoms. The number of nitrogens with zero attached hydrogens (tertiary/aromatic N) is 2. The Balaban J connectivity index is 2.07. The Kier molecular flexibility index (Phi) is 3.90. The summed E-state index contributed by atoms with van der Waals surface area (Å²) in [6.45, 7) is 3.87. The summed E-state index contributed by atoms with van der Waals surface area (Å²) in [5.74, 6) is 0. The van der Waals surface area contributed by atoms with E-state index < -0.39 is 0 Å². The summed E-state index contributed by atoms with van der Waals surface area (Å²) in [6.07, 6.45) is 3.90. The highest BCUT2D eigenvalue weighted by Crippen LogP contribution is 2.09. The lowest BCUT2D eigenvalue weighted by Crippen LogP contribution is -2.83. The molecule has 0 radical (unpaired) electrons. The number of nitrogens with two attached hydrogens (primary N) is 1. The molecular weight excluding hydrogens is 214 g/mol. The molecule has 0 aliphatic carbocycles. The number of hydrogen-bond acceptors (Lipinski definition) is 2. The number of aromatic nitrogens is 2. The number of hydrogen-bond donors (Lipinski definition) is 2. The molecule has 0 atom stereocenters. The molecule has 90 valence electrons. The van der Waals surface area contributed by atoms with Crippen LogP contribution in [0.5, 0.6) is 0 Å². The van der Waals surface area contributed by atoms with Gasteiger partial charge in [-0.3, -0.25) is 0 Å². The van der Waals surface area contributed by atoms with E-state index in [4.69, 9.17) is 5.11 Å². The molecule has 0 unspecified atom stereocenters. The first-order valence-corrected chi connectivity index (χ1v) is 5.82. The van der Waals surface area contributed by atoms with Crippen molar-refractivity contribution in [2.45, 2.75) is 13.5 Å². The minimum Gasteiger partial charge on any atom is -0.391 e. The Hall–Kier alpha value is -1.65. The monoisotopic (exact) mass is 232 g/mol. The van der Waals surface area contributed by atoms with Crippen LogP contribution in [-0.2, 0) is 6.54 Å². The lowest BCUT2D eigenvalue weighted by Gasteiger charge is -2.01. The minimum absolute atomic E-state index is 0.214. The summed E-state index contributed by atoms with van der Waals surface area (Å²) in [5.41, 5.74) is 3.48. The molecule has 0 fully saturated rings. The van der Waals surface area contributed by atoms with Gasteiger partial charge in [0, 0.05) is 11.8 Å². The first-order chi connectivity index (χ1) is 8.29. The van der Waals surface area contributed by atoms with Crippen LogP contribution in [0, 0.1) is 6.92 Å². The zero-order valence-corrected chi connectivity index (χ0v) is 10.0. The molecule has 17 heavy (non-hydrogen) atoms. The number of rotatable bonds is 5. The number of aryl methyl sites for hydroxylation is 1.